The summed E-state index contributed by atoms with van der Waals surface area (Å²) in [6.45, 7) is 2.05. The van der Waals surface area contributed by atoms with Gasteiger partial charge in [-0.3, -0.25) is 4.98 Å². The SMILES string of the molecule is Clc1cccc(-c2nccc(N3CCC(Cc4ccncc4)C3)n2)c1. The minimum atomic E-state index is 0.645. The van der Waals surface area contributed by atoms with Gasteiger partial charge in [0.15, 0.2) is 5.82 Å². The van der Waals surface area contributed by atoms with E-state index >= 15 is 0 Å². The van der Waals surface area contributed by atoms with Crippen molar-refractivity contribution in [1.29, 1.82) is 0 Å². The number of hydrogen-bond acceptors (Lipinski definition) is 4. The van der Waals surface area contributed by atoms with Crippen LogP contribution in [0.2, 0.25) is 5.02 Å². The molecule has 4 rings (SSSR count). The molecule has 3 aromatic rings. The molecule has 126 valence electrons. The summed E-state index contributed by atoms with van der Waals surface area (Å²) in [6.07, 6.45) is 7.83. The second-order valence-electron chi connectivity index (χ2n) is 6.41. The smallest absolute Gasteiger partial charge is 0.161 e. The van der Waals surface area contributed by atoms with Crippen LogP contribution in [-0.4, -0.2) is 28.0 Å². The molecule has 3 heterocycles. The maximum Gasteiger partial charge on any atom is 0.161 e. The van der Waals surface area contributed by atoms with Crippen LogP contribution in [-0.2, 0) is 6.42 Å². The zero-order valence-electron chi connectivity index (χ0n) is 13.8. The second-order valence-corrected chi connectivity index (χ2v) is 6.85. The third-order valence-corrected chi connectivity index (χ3v) is 4.84. The average molecular weight is 351 g/mol. The van der Waals surface area contributed by atoms with E-state index in [-0.39, 0.29) is 0 Å². The summed E-state index contributed by atoms with van der Waals surface area (Å²) in [7, 11) is 0. The van der Waals surface area contributed by atoms with Crippen LogP contribution in [0.3, 0.4) is 0 Å². The Kier molecular flexibility index (Phi) is 4.61. The molecule has 0 radical (unpaired) electrons. The van der Waals surface area contributed by atoms with Crippen molar-refractivity contribution >= 4 is 17.4 Å². The van der Waals surface area contributed by atoms with Crippen LogP contribution in [0.15, 0.2) is 61.1 Å². The highest BCUT2D eigenvalue weighted by atomic mass is 35.5. The maximum atomic E-state index is 6.09. The number of aromatic nitrogens is 3. The normalized spacial score (nSPS) is 17.0. The van der Waals surface area contributed by atoms with Crippen LogP contribution in [0.5, 0.6) is 0 Å². The van der Waals surface area contributed by atoms with Gasteiger partial charge in [0.2, 0.25) is 0 Å². The Balaban J connectivity index is 1.48. The van der Waals surface area contributed by atoms with Gasteiger partial charge in [-0.05, 0) is 54.7 Å². The molecule has 1 atom stereocenters. The number of benzene rings is 1. The lowest BCUT2D eigenvalue weighted by atomic mass is 10.00. The first-order valence-electron chi connectivity index (χ1n) is 8.51. The Morgan fingerprint density at radius 3 is 2.80 bits per heavy atom. The summed E-state index contributed by atoms with van der Waals surface area (Å²) < 4.78 is 0. The first-order chi connectivity index (χ1) is 12.3. The van der Waals surface area contributed by atoms with E-state index < -0.39 is 0 Å². The lowest BCUT2D eigenvalue weighted by Gasteiger charge is -2.18. The predicted molar refractivity (Wildman–Crippen MR) is 101 cm³/mol. The van der Waals surface area contributed by atoms with E-state index in [1.807, 2.05) is 48.9 Å². The number of halogens is 1. The zero-order valence-corrected chi connectivity index (χ0v) is 14.6. The molecule has 25 heavy (non-hydrogen) atoms. The highest BCUT2D eigenvalue weighted by Crippen LogP contribution is 2.26. The summed E-state index contributed by atoms with van der Waals surface area (Å²) in [4.78, 5) is 15.6. The number of nitrogens with zero attached hydrogens (tertiary/aromatic N) is 4. The summed E-state index contributed by atoms with van der Waals surface area (Å²) in [5.41, 5.74) is 2.30. The van der Waals surface area contributed by atoms with Gasteiger partial charge in [0.1, 0.15) is 5.82 Å². The lowest BCUT2D eigenvalue weighted by Crippen LogP contribution is -2.21. The molecule has 0 N–H and O–H groups in total. The molecule has 0 amide bonds. The molecule has 4 nitrogen and oxygen atoms in total. The van der Waals surface area contributed by atoms with Crippen LogP contribution in [0, 0.1) is 5.92 Å². The fourth-order valence-corrected chi connectivity index (χ4v) is 3.54. The summed E-state index contributed by atoms with van der Waals surface area (Å²) in [6, 6.07) is 13.9. The molecule has 1 aliphatic rings. The Morgan fingerprint density at radius 2 is 1.96 bits per heavy atom. The summed E-state index contributed by atoms with van der Waals surface area (Å²) >= 11 is 6.09. The molecule has 1 saturated heterocycles. The van der Waals surface area contributed by atoms with E-state index in [1.54, 1.807) is 0 Å². The van der Waals surface area contributed by atoms with E-state index in [0.717, 1.165) is 36.7 Å². The summed E-state index contributed by atoms with van der Waals surface area (Å²) in [5, 5.41) is 0.699. The van der Waals surface area contributed by atoms with Crippen LogP contribution >= 0.6 is 11.6 Å². The van der Waals surface area contributed by atoms with Gasteiger partial charge in [0, 0.05) is 42.3 Å². The molecule has 1 fully saturated rings. The van der Waals surface area contributed by atoms with E-state index in [4.69, 9.17) is 16.6 Å². The first kappa shape index (κ1) is 16.0. The monoisotopic (exact) mass is 350 g/mol. The molecule has 0 saturated carbocycles. The maximum absolute atomic E-state index is 6.09. The summed E-state index contributed by atoms with van der Waals surface area (Å²) in [5.74, 6) is 2.35. The van der Waals surface area contributed by atoms with Gasteiger partial charge >= 0.3 is 0 Å². The fourth-order valence-electron chi connectivity index (χ4n) is 3.35. The minimum absolute atomic E-state index is 0.645. The topological polar surface area (TPSA) is 41.9 Å². The van der Waals surface area contributed by atoms with Crippen LogP contribution in [0.4, 0.5) is 5.82 Å². The Hall–Kier alpha value is -2.46. The lowest BCUT2D eigenvalue weighted by molar-refractivity contribution is 0.586. The van der Waals surface area contributed by atoms with Crippen molar-refractivity contribution in [2.24, 2.45) is 5.92 Å². The van der Waals surface area contributed by atoms with Crippen molar-refractivity contribution in [2.45, 2.75) is 12.8 Å². The molecule has 5 heteroatoms. The van der Waals surface area contributed by atoms with E-state index in [0.29, 0.717) is 10.9 Å². The minimum Gasteiger partial charge on any atom is -0.356 e. The van der Waals surface area contributed by atoms with Crippen molar-refractivity contribution in [3.05, 3.63) is 71.6 Å². The fraction of sp³-hybridized carbons (Fsp3) is 0.250. The molecular weight excluding hydrogens is 332 g/mol. The van der Waals surface area contributed by atoms with Crippen molar-refractivity contribution in [2.75, 3.05) is 18.0 Å². The van der Waals surface area contributed by atoms with E-state index in [2.05, 4.69) is 27.0 Å². The van der Waals surface area contributed by atoms with E-state index in [9.17, 15) is 0 Å². The van der Waals surface area contributed by atoms with Crippen LogP contribution in [0.25, 0.3) is 11.4 Å². The number of pyridine rings is 1. The van der Waals surface area contributed by atoms with Gasteiger partial charge in [0.25, 0.3) is 0 Å². The quantitative estimate of drug-likeness (QED) is 0.705. The predicted octanol–water partition coefficient (Wildman–Crippen LogP) is 4.26. The number of anilines is 1. The van der Waals surface area contributed by atoms with Crippen molar-refractivity contribution in [3.63, 3.8) is 0 Å². The highest BCUT2D eigenvalue weighted by Gasteiger charge is 2.24. The molecule has 1 unspecified atom stereocenters. The third kappa shape index (κ3) is 3.80. The van der Waals surface area contributed by atoms with Crippen molar-refractivity contribution in [3.8, 4) is 11.4 Å². The van der Waals surface area contributed by atoms with Crippen LogP contribution < -0.4 is 4.90 Å². The van der Waals surface area contributed by atoms with Gasteiger partial charge in [-0.25, -0.2) is 9.97 Å². The average Bonchev–Trinajstić information content (AvgIpc) is 3.11. The van der Waals surface area contributed by atoms with Gasteiger partial charge in [-0.15, -0.1) is 0 Å². The van der Waals surface area contributed by atoms with Gasteiger partial charge in [0.05, 0.1) is 0 Å². The molecule has 0 aliphatic carbocycles. The number of rotatable bonds is 4. The van der Waals surface area contributed by atoms with Crippen LogP contribution in [0.1, 0.15) is 12.0 Å². The molecular formula is C20H19ClN4. The molecule has 2 aromatic heterocycles. The van der Waals surface area contributed by atoms with Gasteiger partial charge < -0.3 is 4.90 Å². The Bertz CT molecular complexity index is 853. The third-order valence-electron chi connectivity index (χ3n) is 4.61. The largest absolute Gasteiger partial charge is 0.356 e. The number of hydrogen-bond donors (Lipinski definition) is 0. The van der Waals surface area contributed by atoms with E-state index in [1.165, 1.54) is 12.0 Å². The standard InChI is InChI=1S/C20H19ClN4/c21-18-3-1-2-17(13-18)20-23-10-6-19(24-20)25-11-7-16(14-25)12-15-4-8-22-9-5-15/h1-6,8-10,13,16H,7,11-12,14H2. The van der Waals surface area contributed by atoms with Gasteiger partial charge in [-0.2, -0.15) is 0 Å². The molecule has 0 bridgehead atoms. The molecule has 1 aliphatic heterocycles. The Labute approximate surface area is 152 Å². The second kappa shape index (κ2) is 7.19. The van der Waals surface area contributed by atoms with Crippen molar-refractivity contribution in [1.82, 2.24) is 15.0 Å². The van der Waals surface area contributed by atoms with Gasteiger partial charge in [-0.1, -0.05) is 23.7 Å². The van der Waals surface area contributed by atoms with Crippen molar-refractivity contribution < 1.29 is 0 Å². The molecule has 1 aromatic carbocycles. The highest BCUT2D eigenvalue weighted by molar-refractivity contribution is 6.30. The zero-order chi connectivity index (χ0) is 17.1. The molecule has 0 spiro atoms. The Morgan fingerprint density at radius 1 is 1.08 bits per heavy atom. The first-order valence-corrected chi connectivity index (χ1v) is 8.88.